The number of hydrogen-bond acceptors (Lipinski definition) is 13. The number of nitrogens with one attached hydrogen (secondary N) is 4. The Morgan fingerprint density at radius 1 is 0.670 bits per heavy atom. The van der Waals surface area contributed by atoms with Crippen molar-refractivity contribution in [3.05, 3.63) is 34.3 Å². The fraction of sp³-hybridized carbons (Fsp3) is 0.735. The summed E-state index contributed by atoms with van der Waals surface area (Å²) in [6, 6.07) is -5.89. The van der Waals surface area contributed by atoms with Gasteiger partial charge in [-0.05, 0) is 92.7 Å². The van der Waals surface area contributed by atoms with Gasteiger partial charge in [-0.25, -0.2) is 0 Å². The lowest BCUT2D eigenvalue weighted by molar-refractivity contribution is -0.150. The normalized spacial score (nSPS) is 26.4. The number of benzene rings is 1. The molecule has 97 heavy (non-hydrogen) atoms. The van der Waals surface area contributed by atoms with Gasteiger partial charge in [0.25, 0.3) is 0 Å². The lowest BCUT2D eigenvalue weighted by Crippen LogP contribution is -2.65. The molecule has 2 aliphatic carbocycles. The van der Waals surface area contributed by atoms with Gasteiger partial charge < -0.3 is 65.2 Å². The number of carbonyl (C=O) groups is 12. The summed E-state index contributed by atoms with van der Waals surface area (Å²) in [5, 5.41) is 10.8. The summed E-state index contributed by atoms with van der Waals surface area (Å²) in [7, 11) is 8.35. The quantitative estimate of drug-likeness (QED) is 0.227. The Morgan fingerprint density at radius 2 is 1.30 bits per heavy atom. The Kier molecular flexibility index (Phi) is 28.5. The van der Waals surface area contributed by atoms with Gasteiger partial charge >= 0.3 is 6.18 Å². The van der Waals surface area contributed by atoms with E-state index < -0.39 is 173 Å². The summed E-state index contributed by atoms with van der Waals surface area (Å²) in [4.78, 5) is 186. The molecule has 2 saturated carbocycles. The highest BCUT2D eigenvalue weighted by Gasteiger charge is 2.50. The van der Waals surface area contributed by atoms with Gasteiger partial charge in [0.1, 0.15) is 54.6 Å². The van der Waals surface area contributed by atoms with Gasteiger partial charge in [0, 0.05) is 55.4 Å². The number of likely N-dealkylation sites (N-methyl/N-ethyl adjacent to an activating group) is 6. The number of halogens is 4. The molecule has 542 valence electrons. The van der Waals surface area contributed by atoms with E-state index >= 15 is 14.4 Å². The van der Waals surface area contributed by atoms with E-state index in [-0.39, 0.29) is 83.2 Å². The van der Waals surface area contributed by atoms with Gasteiger partial charge in [0.2, 0.25) is 70.9 Å². The molecule has 1 spiro atoms. The van der Waals surface area contributed by atoms with Crippen molar-refractivity contribution in [3.63, 3.8) is 0 Å². The zero-order chi connectivity index (χ0) is 72.0. The van der Waals surface area contributed by atoms with E-state index in [9.17, 15) is 56.3 Å². The molecular formula is C68H104ClF3N12O13. The van der Waals surface area contributed by atoms with Gasteiger partial charge in [-0.3, -0.25) is 57.5 Å². The van der Waals surface area contributed by atoms with Crippen molar-refractivity contribution in [2.45, 2.75) is 211 Å². The second-order valence-electron chi connectivity index (χ2n) is 28.0. The molecule has 9 atom stereocenters. The Morgan fingerprint density at radius 3 is 1.90 bits per heavy atom. The van der Waals surface area contributed by atoms with Crippen molar-refractivity contribution in [1.29, 1.82) is 0 Å². The van der Waals surface area contributed by atoms with E-state index in [1.54, 1.807) is 13.8 Å². The third-order valence-electron chi connectivity index (χ3n) is 20.4. The van der Waals surface area contributed by atoms with Crippen molar-refractivity contribution in [2.24, 2.45) is 23.7 Å². The Bertz CT molecular complexity index is 3010. The molecule has 4 N–H and O–H groups in total. The Hall–Kier alpha value is -7.10. The highest BCUT2D eigenvalue weighted by molar-refractivity contribution is 6.31. The monoisotopic (exact) mass is 1390 g/mol. The maximum absolute atomic E-state index is 15.4. The van der Waals surface area contributed by atoms with E-state index in [4.69, 9.17) is 16.3 Å². The molecule has 3 aliphatic heterocycles. The lowest BCUT2D eigenvalue weighted by Gasteiger charge is -2.40. The van der Waals surface area contributed by atoms with Crippen LogP contribution in [0.15, 0.2) is 18.2 Å². The van der Waals surface area contributed by atoms with Crippen LogP contribution in [0.3, 0.4) is 0 Å². The van der Waals surface area contributed by atoms with Crippen LogP contribution in [0, 0.1) is 23.7 Å². The SMILES string of the molecule is CC[C@H](C)[C@@H]1NC(=O)[C@H](CC(C)C)N(C)C(=O)C[C@@H](C(=O)N2CCOC2)NC(=O)[C@H]([C@@H](C)CC)N(C)C(=O)C2(CCCC2)NC(=O)C2CCCN2C(=O)[C@H](CCc2ccc(C(F)(F)F)c(Cl)c2)NC(=O)CN(C)C(=O)[C@H](CC2CCCCC2)N(C)C(=O)CN(C)C(=O)CN(C)C1=O. The molecule has 29 heteroatoms. The van der Waals surface area contributed by atoms with Crippen LogP contribution in [0.25, 0.3) is 0 Å². The first-order valence-electron chi connectivity index (χ1n) is 34.4. The zero-order valence-electron chi connectivity index (χ0n) is 58.7. The average molecular weight is 1390 g/mol. The van der Waals surface area contributed by atoms with E-state index in [2.05, 4.69) is 21.3 Å². The third kappa shape index (κ3) is 20.3. The second kappa shape index (κ2) is 35.1. The topological polar surface area (TPSA) is 288 Å². The maximum Gasteiger partial charge on any atom is 0.417 e. The second-order valence-corrected chi connectivity index (χ2v) is 28.4. The number of ether oxygens (including phenoxy) is 1. The molecule has 3 heterocycles. The number of nitrogens with zero attached hydrogens (tertiary/aromatic N) is 8. The van der Waals surface area contributed by atoms with Crippen molar-refractivity contribution in [3.8, 4) is 0 Å². The first kappa shape index (κ1) is 78.9. The summed E-state index contributed by atoms with van der Waals surface area (Å²) in [5.74, 6) is -9.59. The fourth-order valence-corrected chi connectivity index (χ4v) is 14.3. The predicted octanol–water partition coefficient (Wildman–Crippen LogP) is 4.35. The number of amides is 12. The van der Waals surface area contributed by atoms with Crippen LogP contribution in [0.5, 0.6) is 0 Å². The molecule has 5 aliphatic rings. The average Bonchev–Trinajstić information content (AvgIpc) is 1.76. The van der Waals surface area contributed by atoms with Crippen LogP contribution in [-0.2, 0) is 74.9 Å². The zero-order valence-corrected chi connectivity index (χ0v) is 59.4. The van der Waals surface area contributed by atoms with Gasteiger partial charge in [0.15, 0.2) is 0 Å². The third-order valence-corrected chi connectivity index (χ3v) is 20.7. The number of carbonyl (C=O) groups excluding carboxylic acids is 12. The van der Waals surface area contributed by atoms with Crippen LogP contribution in [-0.4, -0.2) is 246 Å². The van der Waals surface area contributed by atoms with E-state index in [0.29, 0.717) is 37.7 Å². The molecule has 0 bridgehead atoms. The number of fused-ring (bicyclic) bond motifs is 1. The molecule has 6 rings (SSSR count). The van der Waals surface area contributed by atoms with Crippen LogP contribution < -0.4 is 21.3 Å². The Labute approximate surface area is 573 Å². The first-order valence-corrected chi connectivity index (χ1v) is 34.8. The maximum atomic E-state index is 15.4. The van der Waals surface area contributed by atoms with Crippen molar-refractivity contribution in [1.82, 2.24) is 60.5 Å². The van der Waals surface area contributed by atoms with E-state index in [1.807, 2.05) is 27.7 Å². The molecule has 12 amide bonds. The summed E-state index contributed by atoms with van der Waals surface area (Å²) in [6.07, 6.45) is 1.38. The largest absolute Gasteiger partial charge is 0.417 e. The minimum Gasteiger partial charge on any atom is -0.359 e. The molecular weight excluding hydrogens is 1290 g/mol. The van der Waals surface area contributed by atoms with Crippen LogP contribution in [0.1, 0.15) is 162 Å². The van der Waals surface area contributed by atoms with Gasteiger partial charge in [-0.1, -0.05) is 117 Å². The summed E-state index contributed by atoms with van der Waals surface area (Å²) < 4.78 is 47.0. The molecule has 3 saturated heterocycles. The molecule has 0 radical (unpaired) electrons. The summed E-state index contributed by atoms with van der Waals surface area (Å²) in [6.45, 7) is 9.28. The van der Waals surface area contributed by atoms with Crippen molar-refractivity contribution in [2.75, 3.05) is 88.3 Å². The Balaban J connectivity index is 1.41. The van der Waals surface area contributed by atoms with Crippen molar-refractivity contribution < 1.29 is 75.4 Å². The van der Waals surface area contributed by atoms with Gasteiger partial charge in [-0.15, -0.1) is 0 Å². The molecule has 5 fully saturated rings. The first-order chi connectivity index (χ1) is 45.6. The smallest absolute Gasteiger partial charge is 0.359 e. The van der Waals surface area contributed by atoms with E-state index in [1.165, 1.54) is 72.9 Å². The number of aryl methyl sites for hydroxylation is 1. The predicted molar refractivity (Wildman–Crippen MR) is 354 cm³/mol. The highest BCUT2D eigenvalue weighted by Crippen LogP contribution is 2.37. The van der Waals surface area contributed by atoms with Crippen LogP contribution in [0.2, 0.25) is 5.02 Å². The molecule has 0 aromatic heterocycles. The van der Waals surface area contributed by atoms with Crippen LogP contribution in [0.4, 0.5) is 13.2 Å². The van der Waals surface area contributed by atoms with E-state index in [0.717, 1.165) is 58.9 Å². The highest BCUT2D eigenvalue weighted by atomic mass is 35.5. The summed E-state index contributed by atoms with van der Waals surface area (Å²) in [5.41, 5.74) is -2.38. The standard InChI is InChI=1S/C68H104ClF3N12O13/c1-13-42(5)57-65(95)79(9)38-55(87)77(7)39-56(88)81(11)52(35-44-21-16-15-17-22-44)64(94)78(8)37-53(85)73-48(27-25-45-24-26-46(47(69)34-45)68(70,71)72)63(93)84-30-20-23-50(84)60(90)76-67(28-18-19-29-67)66(96)82(12)58(43(6)14-2)61(91)74-49(62(92)83-31-32-97-40-83)36-54(86)80(10)51(33-41(3)4)59(89)75-57/h24,26,34,41-44,48-52,57-58H,13-23,25,27-33,35-40H2,1-12H3,(H,73,85)(H,74,91)(H,75,89)(H,76,90)/t42-,43-,48-,49-,50?,51-,52-,57-,58-/m0/s1. The van der Waals surface area contributed by atoms with Crippen molar-refractivity contribution >= 4 is 82.5 Å². The number of rotatable bonds is 12. The molecule has 25 nitrogen and oxygen atoms in total. The van der Waals surface area contributed by atoms with Gasteiger partial charge in [0.05, 0.1) is 43.2 Å². The molecule has 1 unspecified atom stereocenters. The van der Waals surface area contributed by atoms with Gasteiger partial charge in [-0.2, -0.15) is 13.2 Å². The molecule has 1 aromatic rings. The number of hydrogen-bond donors (Lipinski definition) is 4. The molecule has 1 aromatic carbocycles. The van der Waals surface area contributed by atoms with Crippen LogP contribution >= 0.6 is 11.6 Å². The number of alkyl halides is 3. The summed E-state index contributed by atoms with van der Waals surface area (Å²) >= 11 is 6.13. The fourth-order valence-electron chi connectivity index (χ4n) is 14.0. The minimum atomic E-state index is -4.76. The minimum absolute atomic E-state index is 0.0150. The lowest BCUT2D eigenvalue weighted by atomic mass is 9.84.